The second-order valence-corrected chi connectivity index (χ2v) is 4.84. The molecule has 15 heavy (non-hydrogen) atoms. The van der Waals surface area contributed by atoms with Crippen molar-refractivity contribution in [2.75, 3.05) is 32.9 Å². The van der Waals surface area contributed by atoms with Crippen LogP contribution in [0.25, 0.3) is 0 Å². The second-order valence-electron chi connectivity index (χ2n) is 4.84. The minimum Gasteiger partial charge on any atom is -0.381 e. The maximum Gasteiger partial charge on any atom is 0.0588 e. The summed E-state index contributed by atoms with van der Waals surface area (Å²) < 4.78 is 10.9. The van der Waals surface area contributed by atoms with Crippen molar-refractivity contribution in [1.29, 1.82) is 0 Å². The highest BCUT2D eigenvalue weighted by Gasteiger charge is 2.24. The first-order valence-corrected chi connectivity index (χ1v) is 6.26. The number of rotatable bonds is 4. The van der Waals surface area contributed by atoms with Crippen molar-refractivity contribution in [3.05, 3.63) is 0 Å². The van der Waals surface area contributed by atoms with Gasteiger partial charge in [0.05, 0.1) is 6.10 Å². The van der Waals surface area contributed by atoms with Crippen molar-refractivity contribution in [2.45, 2.75) is 32.3 Å². The molecule has 2 aliphatic rings. The van der Waals surface area contributed by atoms with Crippen molar-refractivity contribution < 1.29 is 9.47 Å². The van der Waals surface area contributed by atoms with Crippen LogP contribution in [-0.4, -0.2) is 39.0 Å². The van der Waals surface area contributed by atoms with E-state index in [-0.39, 0.29) is 0 Å². The smallest absolute Gasteiger partial charge is 0.0588 e. The molecule has 0 bridgehead atoms. The third-order valence-electron chi connectivity index (χ3n) is 3.71. The Hall–Kier alpha value is -0.120. The fourth-order valence-corrected chi connectivity index (χ4v) is 2.47. The lowest BCUT2D eigenvalue weighted by atomic mass is 9.99. The van der Waals surface area contributed by atoms with Crippen LogP contribution in [-0.2, 0) is 9.47 Å². The van der Waals surface area contributed by atoms with E-state index in [1.807, 2.05) is 0 Å². The molecule has 2 atom stereocenters. The Morgan fingerprint density at radius 2 is 1.87 bits per heavy atom. The van der Waals surface area contributed by atoms with Crippen molar-refractivity contribution >= 4 is 0 Å². The molecule has 88 valence electrons. The first kappa shape index (κ1) is 11.4. The van der Waals surface area contributed by atoms with Crippen LogP contribution >= 0.6 is 0 Å². The highest BCUT2D eigenvalue weighted by atomic mass is 16.5. The van der Waals surface area contributed by atoms with Gasteiger partial charge in [-0.2, -0.15) is 0 Å². The summed E-state index contributed by atoms with van der Waals surface area (Å²) in [4.78, 5) is 0. The largest absolute Gasteiger partial charge is 0.381 e. The first-order chi connectivity index (χ1) is 7.36. The van der Waals surface area contributed by atoms with Crippen LogP contribution in [0.15, 0.2) is 0 Å². The van der Waals surface area contributed by atoms with Crippen LogP contribution < -0.4 is 5.32 Å². The van der Waals surface area contributed by atoms with Gasteiger partial charge in [-0.05, 0) is 44.6 Å². The van der Waals surface area contributed by atoms with Gasteiger partial charge in [0, 0.05) is 26.4 Å². The summed E-state index contributed by atoms with van der Waals surface area (Å²) in [7, 11) is 0. The summed E-state index contributed by atoms with van der Waals surface area (Å²) in [6.45, 7) is 7.33. The van der Waals surface area contributed by atoms with Gasteiger partial charge in [-0.15, -0.1) is 0 Å². The normalized spacial score (nSPS) is 33.4. The summed E-state index contributed by atoms with van der Waals surface area (Å²) in [5, 5.41) is 3.59. The predicted octanol–water partition coefficient (Wildman–Crippen LogP) is 1.43. The van der Waals surface area contributed by atoms with Crippen LogP contribution in [0.3, 0.4) is 0 Å². The van der Waals surface area contributed by atoms with Gasteiger partial charge in [-0.1, -0.05) is 0 Å². The van der Waals surface area contributed by atoms with Crippen LogP contribution in [0.4, 0.5) is 0 Å². The third kappa shape index (κ3) is 3.44. The molecule has 0 spiro atoms. The maximum absolute atomic E-state index is 5.55. The zero-order valence-electron chi connectivity index (χ0n) is 9.71. The molecular weight excluding hydrogens is 190 g/mol. The minimum absolute atomic E-state index is 0.451. The van der Waals surface area contributed by atoms with Gasteiger partial charge in [-0.25, -0.2) is 0 Å². The number of nitrogens with one attached hydrogen (secondary N) is 1. The van der Waals surface area contributed by atoms with Gasteiger partial charge in [0.1, 0.15) is 0 Å². The molecule has 0 saturated carbocycles. The number of ether oxygens (including phenoxy) is 2. The molecule has 0 aromatic carbocycles. The van der Waals surface area contributed by atoms with Gasteiger partial charge >= 0.3 is 0 Å². The molecule has 0 aromatic rings. The predicted molar refractivity (Wildman–Crippen MR) is 59.9 cm³/mol. The zero-order chi connectivity index (χ0) is 10.5. The van der Waals surface area contributed by atoms with E-state index < -0.39 is 0 Å². The molecular formula is C12H23NO2. The van der Waals surface area contributed by atoms with Crippen molar-refractivity contribution in [1.82, 2.24) is 5.32 Å². The van der Waals surface area contributed by atoms with E-state index in [4.69, 9.17) is 9.47 Å². The quantitative estimate of drug-likeness (QED) is 0.766. The topological polar surface area (TPSA) is 30.5 Å². The molecule has 0 amide bonds. The van der Waals surface area contributed by atoms with E-state index in [9.17, 15) is 0 Å². The highest BCUT2D eigenvalue weighted by molar-refractivity contribution is 4.75. The minimum atomic E-state index is 0.451. The SMILES string of the molecule is CC1OCCC1CNCC1CCOCC1. The Bertz CT molecular complexity index is 180. The fraction of sp³-hybridized carbons (Fsp3) is 1.00. The fourth-order valence-electron chi connectivity index (χ4n) is 2.47. The molecule has 2 saturated heterocycles. The molecule has 3 nitrogen and oxygen atoms in total. The summed E-state index contributed by atoms with van der Waals surface area (Å²) >= 11 is 0. The lowest BCUT2D eigenvalue weighted by molar-refractivity contribution is 0.0651. The van der Waals surface area contributed by atoms with Crippen molar-refractivity contribution in [3.63, 3.8) is 0 Å². The Morgan fingerprint density at radius 3 is 2.53 bits per heavy atom. The summed E-state index contributed by atoms with van der Waals surface area (Å²) in [5.41, 5.74) is 0. The van der Waals surface area contributed by atoms with E-state index in [1.54, 1.807) is 0 Å². The molecule has 1 N–H and O–H groups in total. The maximum atomic E-state index is 5.55. The molecule has 0 aromatic heterocycles. The van der Waals surface area contributed by atoms with Crippen LogP contribution in [0.2, 0.25) is 0 Å². The van der Waals surface area contributed by atoms with E-state index in [1.165, 1.54) is 19.3 Å². The summed E-state index contributed by atoms with van der Waals surface area (Å²) in [6.07, 6.45) is 4.13. The third-order valence-corrected chi connectivity index (χ3v) is 3.71. The Kier molecular flexibility index (Phi) is 4.42. The molecule has 2 unspecified atom stereocenters. The van der Waals surface area contributed by atoms with Crippen LogP contribution in [0, 0.1) is 11.8 Å². The summed E-state index contributed by atoms with van der Waals surface area (Å²) in [6, 6.07) is 0. The van der Waals surface area contributed by atoms with Crippen LogP contribution in [0.1, 0.15) is 26.2 Å². The Labute approximate surface area is 92.5 Å². The first-order valence-electron chi connectivity index (χ1n) is 6.26. The molecule has 2 aliphatic heterocycles. The zero-order valence-corrected chi connectivity index (χ0v) is 9.71. The van der Waals surface area contributed by atoms with Gasteiger partial charge < -0.3 is 14.8 Å². The standard InChI is InChI=1S/C12H23NO2/c1-10-12(4-7-15-10)9-13-8-11-2-5-14-6-3-11/h10-13H,2-9H2,1H3. The van der Waals surface area contributed by atoms with Gasteiger partial charge in [0.15, 0.2) is 0 Å². The highest BCUT2D eigenvalue weighted by Crippen LogP contribution is 2.19. The van der Waals surface area contributed by atoms with Gasteiger partial charge in [-0.3, -0.25) is 0 Å². The lowest BCUT2D eigenvalue weighted by Gasteiger charge is -2.23. The number of hydrogen-bond donors (Lipinski definition) is 1. The molecule has 2 heterocycles. The van der Waals surface area contributed by atoms with Crippen molar-refractivity contribution in [3.8, 4) is 0 Å². The number of hydrogen-bond acceptors (Lipinski definition) is 3. The molecule has 3 heteroatoms. The van der Waals surface area contributed by atoms with Crippen LogP contribution in [0.5, 0.6) is 0 Å². The van der Waals surface area contributed by atoms with Gasteiger partial charge in [0.25, 0.3) is 0 Å². The average molecular weight is 213 g/mol. The average Bonchev–Trinajstić information content (AvgIpc) is 2.66. The molecule has 0 radical (unpaired) electrons. The van der Waals surface area contributed by atoms with E-state index >= 15 is 0 Å². The molecule has 2 fully saturated rings. The van der Waals surface area contributed by atoms with Gasteiger partial charge in [0.2, 0.25) is 0 Å². The molecule has 0 aliphatic carbocycles. The summed E-state index contributed by atoms with van der Waals surface area (Å²) in [5.74, 6) is 1.56. The Morgan fingerprint density at radius 1 is 1.07 bits per heavy atom. The lowest BCUT2D eigenvalue weighted by Crippen LogP contribution is -2.33. The van der Waals surface area contributed by atoms with E-state index in [2.05, 4.69) is 12.2 Å². The van der Waals surface area contributed by atoms with E-state index in [0.29, 0.717) is 6.10 Å². The monoisotopic (exact) mass is 213 g/mol. The second kappa shape index (κ2) is 5.83. The van der Waals surface area contributed by atoms with E-state index in [0.717, 1.165) is 44.7 Å². The molecule has 2 rings (SSSR count). The van der Waals surface area contributed by atoms with Crippen molar-refractivity contribution in [2.24, 2.45) is 11.8 Å². The Balaban J connectivity index is 1.57.